The molecule has 170 valence electrons. The summed E-state index contributed by atoms with van der Waals surface area (Å²) < 4.78 is 6.15. The predicted molar refractivity (Wildman–Crippen MR) is 136 cm³/mol. The molecule has 0 bridgehead atoms. The number of ether oxygens (including phenoxy) is 1. The van der Waals surface area contributed by atoms with Crippen molar-refractivity contribution in [3.05, 3.63) is 66.2 Å². The van der Waals surface area contributed by atoms with E-state index < -0.39 is 0 Å². The minimum atomic E-state index is -0.150. The average Bonchev–Trinajstić information content (AvgIpc) is 3.36. The van der Waals surface area contributed by atoms with Crippen LogP contribution >= 0.6 is 12.2 Å². The zero-order chi connectivity index (χ0) is 22.8. The van der Waals surface area contributed by atoms with E-state index in [1.165, 1.54) is 18.4 Å². The van der Waals surface area contributed by atoms with E-state index in [1.807, 2.05) is 30.3 Å². The molecule has 1 heterocycles. The summed E-state index contributed by atoms with van der Waals surface area (Å²) in [6.07, 6.45) is 4.54. The lowest BCUT2D eigenvalue weighted by Crippen LogP contribution is -2.49. The van der Waals surface area contributed by atoms with Gasteiger partial charge in [0.05, 0.1) is 12.1 Å². The number of hydrogen-bond donors (Lipinski definition) is 1. The molecular formula is C27H35N3OS. The summed E-state index contributed by atoms with van der Waals surface area (Å²) in [6, 6.07) is 20.9. The molecule has 4 rings (SSSR count). The van der Waals surface area contributed by atoms with Gasteiger partial charge in [0.15, 0.2) is 5.11 Å². The first kappa shape index (κ1) is 22.8. The molecule has 5 heteroatoms. The predicted octanol–water partition coefficient (Wildman–Crippen LogP) is 6.14. The van der Waals surface area contributed by atoms with Crippen LogP contribution in [0.25, 0.3) is 0 Å². The number of benzene rings is 2. The molecule has 0 unspecified atom stereocenters. The van der Waals surface area contributed by atoms with Gasteiger partial charge in [-0.3, -0.25) is 4.99 Å². The molecule has 2 aliphatic rings. The lowest BCUT2D eigenvalue weighted by atomic mass is 9.86. The van der Waals surface area contributed by atoms with E-state index >= 15 is 0 Å². The van der Waals surface area contributed by atoms with Crippen LogP contribution in [0.15, 0.2) is 65.7 Å². The van der Waals surface area contributed by atoms with Gasteiger partial charge in [-0.25, -0.2) is 0 Å². The van der Waals surface area contributed by atoms with Gasteiger partial charge in [0, 0.05) is 0 Å². The number of amidine groups is 1. The number of aliphatic imine (C=N–C) groups is 1. The van der Waals surface area contributed by atoms with Crippen LogP contribution in [-0.2, 0) is 0 Å². The standard InChI is InChI=1S/C27H35N3OS/c1-20(21-13-7-5-8-14-21)30-25(32)29-24(27(30)17-11-12-18-27)28-23(26(2,3)4)19-31-22-15-9-6-10-16-22/h5-10,13-16,20,23H,11-12,17-19H2,1-4H3,(H,28,29,32)/t20-,23+/m0/s1. The molecule has 2 aromatic rings. The lowest BCUT2D eigenvalue weighted by molar-refractivity contribution is 0.198. The van der Waals surface area contributed by atoms with E-state index in [1.54, 1.807) is 0 Å². The third-order valence-corrected chi connectivity index (χ3v) is 7.18. The number of nitrogens with one attached hydrogen (secondary N) is 1. The van der Waals surface area contributed by atoms with Crippen LogP contribution < -0.4 is 10.1 Å². The fraction of sp³-hybridized carbons (Fsp3) is 0.481. The molecule has 0 aromatic heterocycles. The Kier molecular flexibility index (Phi) is 6.57. The summed E-state index contributed by atoms with van der Waals surface area (Å²) in [7, 11) is 0. The van der Waals surface area contributed by atoms with Gasteiger partial charge < -0.3 is 15.0 Å². The van der Waals surface area contributed by atoms with Crippen molar-refractivity contribution in [1.29, 1.82) is 0 Å². The molecule has 2 aromatic carbocycles. The van der Waals surface area contributed by atoms with Gasteiger partial charge in [0.2, 0.25) is 0 Å². The number of para-hydroxylation sites is 1. The van der Waals surface area contributed by atoms with E-state index in [9.17, 15) is 0 Å². The van der Waals surface area contributed by atoms with E-state index in [0.29, 0.717) is 6.61 Å². The van der Waals surface area contributed by atoms with Crippen molar-refractivity contribution in [2.45, 2.75) is 71.0 Å². The second-order valence-electron chi connectivity index (χ2n) is 10.1. The first-order valence-electron chi connectivity index (χ1n) is 11.7. The Bertz CT molecular complexity index is 946. The fourth-order valence-electron chi connectivity index (χ4n) is 4.93. The lowest BCUT2D eigenvalue weighted by Gasteiger charge is -2.40. The summed E-state index contributed by atoms with van der Waals surface area (Å²) >= 11 is 5.89. The molecule has 4 nitrogen and oxygen atoms in total. The Hall–Kier alpha value is -2.40. The number of hydrogen-bond acceptors (Lipinski definition) is 3. The monoisotopic (exact) mass is 449 g/mol. The summed E-state index contributed by atoms with van der Waals surface area (Å²) in [6.45, 7) is 9.49. The number of nitrogens with zero attached hydrogens (tertiary/aromatic N) is 2. The molecule has 1 spiro atoms. The third-order valence-electron chi connectivity index (χ3n) is 6.88. The zero-order valence-electron chi connectivity index (χ0n) is 19.7. The van der Waals surface area contributed by atoms with Crippen LogP contribution in [0.4, 0.5) is 0 Å². The normalized spacial score (nSPS) is 21.1. The Morgan fingerprint density at radius 3 is 2.22 bits per heavy atom. The van der Waals surface area contributed by atoms with Crippen LogP contribution in [0.2, 0.25) is 0 Å². The maximum Gasteiger partial charge on any atom is 0.175 e. The van der Waals surface area contributed by atoms with E-state index in [2.05, 4.69) is 68.2 Å². The molecule has 1 saturated heterocycles. The van der Waals surface area contributed by atoms with Gasteiger partial charge in [-0.1, -0.05) is 82.1 Å². The maximum absolute atomic E-state index is 6.15. The molecule has 1 N–H and O–H groups in total. The highest BCUT2D eigenvalue weighted by Crippen LogP contribution is 2.44. The Balaban J connectivity index is 1.65. The summed E-state index contributed by atoms with van der Waals surface area (Å²) in [4.78, 5) is 7.74. The Labute approximate surface area is 198 Å². The first-order valence-corrected chi connectivity index (χ1v) is 12.1. The molecule has 2 atom stereocenters. The van der Waals surface area contributed by atoms with Crippen molar-refractivity contribution >= 4 is 23.2 Å². The molecule has 2 fully saturated rings. The number of thiocarbonyl (C=S) groups is 1. The highest BCUT2D eigenvalue weighted by molar-refractivity contribution is 7.80. The van der Waals surface area contributed by atoms with Crippen molar-refractivity contribution in [2.75, 3.05) is 6.61 Å². The highest BCUT2D eigenvalue weighted by atomic mass is 32.1. The summed E-state index contributed by atoms with van der Waals surface area (Å²) in [5, 5.41) is 4.33. The molecule has 0 radical (unpaired) electrons. The van der Waals surface area contributed by atoms with Crippen molar-refractivity contribution in [3.63, 3.8) is 0 Å². The van der Waals surface area contributed by atoms with Crippen molar-refractivity contribution in [1.82, 2.24) is 10.2 Å². The van der Waals surface area contributed by atoms with Crippen molar-refractivity contribution < 1.29 is 4.74 Å². The highest BCUT2D eigenvalue weighted by Gasteiger charge is 2.52. The van der Waals surface area contributed by atoms with Gasteiger partial charge in [0.25, 0.3) is 0 Å². The molecule has 0 amide bonds. The average molecular weight is 450 g/mol. The van der Waals surface area contributed by atoms with E-state index in [0.717, 1.165) is 29.5 Å². The maximum atomic E-state index is 6.15. The minimum absolute atomic E-state index is 0.0115. The van der Waals surface area contributed by atoms with Crippen molar-refractivity contribution in [3.8, 4) is 5.75 Å². The quantitative estimate of drug-likeness (QED) is 0.537. The van der Waals surface area contributed by atoms with Gasteiger partial charge in [-0.15, -0.1) is 0 Å². The van der Waals surface area contributed by atoms with Gasteiger partial charge >= 0.3 is 0 Å². The number of rotatable bonds is 6. The first-order chi connectivity index (χ1) is 15.3. The van der Waals surface area contributed by atoms with Crippen LogP contribution in [-0.4, -0.2) is 34.0 Å². The molecule has 1 aliphatic heterocycles. The SMILES string of the molecule is C[C@@H](c1ccccc1)N1C(=S)NC(=N[C@H](COc2ccccc2)C(C)(C)C)C12CCCC2. The minimum Gasteiger partial charge on any atom is -0.491 e. The van der Waals surface area contributed by atoms with E-state index in [-0.39, 0.29) is 23.0 Å². The van der Waals surface area contributed by atoms with Crippen LogP contribution in [0, 0.1) is 5.41 Å². The molecule has 32 heavy (non-hydrogen) atoms. The van der Waals surface area contributed by atoms with Gasteiger partial charge in [-0.05, 0) is 55.1 Å². The van der Waals surface area contributed by atoms with E-state index in [4.69, 9.17) is 21.9 Å². The van der Waals surface area contributed by atoms with Crippen molar-refractivity contribution in [2.24, 2.45) is 10.4 Å². The second kappa shape index (κ2) is 9.22. The summed E-state index contributed by atoms with van der Waals surface area (Å²) in [5.74, 6) is 1.91. The van der Waals surface area contributed by atoms with Crippen LogP contribution in [0.5, 0.6) is 5.75 Å². The second-order valence-corrected chi connectivity index (χ2v) is 10.5. The fourth-order valence-corrected chi connectivity index (χ4v) is 5.36. The topological polar surface area (TPSA) is 36.9 Å². The Morgan fingerprint density at radius 2 is 1.62 bits per heavy atom. The summed E-state index contributed by atoms with van der Waals surface area (Å²) in [5.41, 5.74) is 1.09. The van der Waals surface area contributed by atoms with Crippen LogP contribution in [0.3, 0.4) is 0 Å². The molecule has 1 saturated carbocycles. The van der Waals surface area contributed by atoms with Gasteiger partial charge in [-0.2, -0.15) is 0 Å². The zero-order valence-corrected chi connectivity index (χ0v) is 20.5. The van der Waals surface area contributed by atoms with Crippen LogP contribution in [0.1, 0.15) is 65.0 Å². The third kappa shape index (κ3) is 4.54. The molecular weight excluding hydrogens is 414 g/mol. The molecule has 1 aliphatic carbocycles. The largest absolute Gasteiger partial charge is 0.491 e. The smallest absolute Gasteiger partial charge is 0.175 e. The van der Waals surface area contributed by atoms with Gasteiger partial charge in [0.1, 0.15) is 23.7 Å². The Morgan fingerprint density at radius 1 is 1.03 bits per heavy atom.